The van der Waals surface area contributed by atoms with Gasteiger partial charge in [-0.3, -0.25) is 19.5 Å². The third-order valence-corrected chi connectivity index (χ3v) is 4.41. The molecule has 26 heavy (non-hydrogen) atoms. The maximum Gasteiger partial charge on any atom is 0.419 e. The van der Waals surface area contributed by atoms with Crippen molar-refractivity contribution in [1.82, 2.24) is 9.47 Å². The lowest BCUT2D eigenvalue weighted by Gasteiger charge is -2.35. The van der Waals surface area contributed by atoms with E-state index in [0.717, 1.165) is 0 Å². The first-order valence-electron chi connectivity index (χ1n) is 8.56. The van der Waals surface area contributed by atoms with Gasteiger partial charge in [0.1, 0.15) is 0 Å². The minimum Gasteiger partial charge on any atom is -0.407 e. The fourth-order valence-electron chi connectivity index (χ4n) is 3.31. The van der Waals surface area contributed by atoms with E-state index in [1.54, 1.807) is 4.90 Å². The molecule has 2 aromatic rings. The summed E-state index contributed by atoms with van der Waals surface area (Å²) in [5.74, 6) is -0.551. The SMILES string of the molecule is CC1CN(C(=O)CCCn2c(=O)oc3cc([N+](=O)[O-])ccc32)CC(C)O1. The number of carbonyl (C=O) groups is 1. The number of hydrogen-bond acceptors (Lipinski definition) is 6. The normalized spacial score (nSPS) is 20.5. The fourth-order valence-corrected chi connectivity index (χ4v) is 3.31. The molecule has 0 radical (unpaired) electrons. The minimum atomic E-state index is -0.582. The van der Waals surface area contributed by atoms with Crippen molar-refractivity contribution >= 4 is 22.7 Å². The summed E-state index contributed by atoms with van der Waals surface area (Å²) in [5, 5.41) is 10.8. The van der Waals surface area contributed by atoms with E-state index < -0.39 is 10.7 Å². The number of nitro benzene ring substituents is 1. The molecule has 0 N–H and O–H groups in total. The first-order chi connectivity index (χ1) is 12.3. The molecule has 2 heterocycles. The second-order valence-electron chi connectivity index (χ2n) is 6.59. The molecule has 0 spiro atoms. The lowest BCUT2D eigenvalue weighted by atomic mass is 10.2. The summed E-state index contributed by atoms with van der Waals surface area (Å²) < 4.78 is 12.1. The van der Waals surface area contributed by atoms with Crippen molar-refractivity contribution in [3.63, 3.8) is 0 Å². The van der Waals surface area contributed by atoms with Crippen molar-refractivity contribution in [1.29, 1.82) is 0 Å². The predicted molar refractivity (Wildman–Crippen MR) is 93.0 cm³/mol. The Morgan fingerprint density at radius 2 is 2.00 bits per heavy atom. The molecule has 2 unspecified atom stereocenters. The van der Waals surface area contributed by atoms with E-state index in [9.17, 15) is 19.7 Å². The number of nitrogens with zero attached hydrogens (tertiary/aromatic N) is 3. The van der Waals surface area contributed by atoms with Crippen LogP contribution in [0, 0.1) is 10.1 Å². The van der Waals surface area contributed by atoms with Gasteiger partial charge in [-0.15, -0.1) is 0 Å². The van der Waals surface area contributed by atoms with Gasteiger partial charge in [-0.1, -0.05) is 0 Å². The van der Waals surface area contributed by atoms with E-state index in [2.05, 4.69) is 0 Å². The van der Waals surface area contributed by atoms with Gasteiger partial charge in [0.25, 0.3) is 5.69 Å². The van der Waals surface area contributed by atoms with E-state index >= 15 is 0 Å². The highest BCUT2D eigenvalue weighted by Gasteiger charge is 2.25. The molecule has 0 saturated carbocycles. The lowest BCUT2D eigenvalue weighted by molar-refractivity contribution is -0.384. The van der Waals surface area contributed by atoms with Crippen LogP contribution in [0.15, 0.2) is 27.4 Å². The number of aromatic nitrogens is 1. The predicted octanol–water partition coefficient (Wildman–Crippen LogP) is 1.92. The molecule has 3 rings (SSSR count). The molecule has 1 aliphatic heterocycles. The number of amides is 1. The highest BCUT2D eigenvalue weighted by Crippen LogP contribution is 2.20. The van der Waals surface area contributed by atoms with Crippen molar-refractivity contribution in [3.8, 4) is 0 Å². The number of hydrogen-bond donors (Lipinski definition) is 0. The second kappa shape index (κ2) is 7.28. The number of nitro groups is 1. The zero-order valence-electron chi connectivity index (χ0n) is 14.7. The van der Waals surface area contributed by atoms with E-state index in [-0.39, 0.29) is 29.4 Å². The van der Waals surface area contributed by atoms with Crippen LogP contribution < -0.4 is 5.76 Å². The zero-order chi connectivity index (χ0) is 18.8. The van der Waals surface area contributed by atoms with E-state index in [4.69, 9.17) is 9.15 Å². The largest absolute Gasteiger partial charge is 0.419 e. The monoisotopic (exact) mass is 363 g/mol. The van der Waals surface area contributed by atoms with Crippen LogP contribution in [0.3, 0.4) is 0 Å². The zero-order valence-corrected chi connectivity index (χ0v) is 14.7. The number of non-ortho nitro benzene ring substituents is 1. The van der Waals surface area contributed by atoms with Gasteiger partial charge in [0.15, 0.2) is 5.58 Å². The summed E-state index contributed by atoms with van der Waals surface area (Å²) in [6.07, 6.45) is 0.814. The Morgan fingerprint density at radius 3 is 2.65 bits per heavy atom. The Balaban J connectivity index is 1.64. The summed E-state index contributed by atoms with van der Waals surface area (Å²) in [6.45, 7) is 5.33. The number of carbonyl (C=O) groups excluding carboxylic acids is 1. The van der Waals surface area contributed by atoms with Crippen LogP contribution in [-0.4, -0.2) is 45.6 Å². The molecule has 1 saturated heterocycles. The van der Waals surface area contributed by atoms with Crippen molar-refractivity contribution in [3.05, 3.63) is 38.9 Å². The van der Waals surface area contributed by atoms with E-state index in [1.807, 2.05) is 13.8 Å². The maximum atomic E-state index is 12.4. The summed E-state index contributed by atoms with van der Waals surface area (Å²) >= 11 is 0. The van der Waals surface area contributed by atoms with Crippen LogP contribution in [0.5, 0.6) is 0 Å². The third-order valence-electron chi connectivity index (χ3n) is 4.41. The number of rotatable bonds is 5. The Hall–Kier alpha value is -2.68. The highest BCUT2D eigenvalue weighted by molar-refractivity contribution is 5.77. The van der Waals surface area contributed by atoms with Crippen LogP contribution in [0.4, 0.5) is 5.69 Å². The molecule has 0 bridgehead atoms. The molecule has 0 aliphatic carbocycles. The number of oxazole rings is 1. The molecule has 1 fully saturated rings. The Kier molecular flexibility index (Phi) is 5.08. The Morgan fingerprint density at radius 1 is 1.31 bits per heavy atom. The summed E-state index contributed by atoms with van der Waals surface area (Å²) in [6, 6.07) is 4.05. The van der Waals surface area contributed by atoms with Crippen LogP contribution in [0.25, 0.3) is 11.1 Å². The number of ether oxygens (including phenoxy) is 1. The van der Waals surface area contributed by atoms with Gasteiger partial charge in [-0.05, 0) is 26.3 Å². The standard InChI is InChI=1S/C17H21N3O6/c1-11-9-18(10-12(2)25-11)16(21)4-3-7-19-14-6-5-13(20(23)24)8-15(14)26-17(19)22/h5-6,8,11-12H,3-4,7,9-10H2,1-2H3. The molecule has 9 nitrogen and oxygen atoms in total. The van der Waals surface area contributed by atoms with E-state index in [0.29, 0.717) is 38.0 Å². The van der Waals surface area contributed by atoms with Gasteiger partial charge in [0, 0.05) is 32.1 Å². The first-order valence-corrected chi connectivity index (χ1v) is 8.56. The minimum absolute atomic E-state index is 0.0129. The second-order valence-corrected chi connectivity index (χ2v) is 6.59. The van der Waals surface area contributed by atoms with Crippen LogP contribution in [0.2, 0.25) is 0 Å². The third kappa shape index (κ3) is 3.77. The summed E-state index contributed by atoms with van der Waals surface area (Å²) in [7, 11) is 0. The van der Waals surface area contributed by atoms with Crippen molar-refractivity contribution < 1.29 is 18.9 Å². The summed E-state index contributed by atoms with van der Waals surface area (Å²) in [5.41, 5.74) is 0.525. The van der Waals surface area contributed by atoms with Crippen LogP contribution >= 0.6 is 0 Å². The van der Waals surface area contributed by atoms with Gasteiger partial charge < -0.3 is 14.1 Å². The van der Waals surface area contributed by atoms with Crippen molar-refractivity contribution in [2.24, 2.45) is 0 Å². The molecular formula is C17H21N3O6. The molecular weight excluding hydrogens is 342 g/mol. The highest BCUT2D eigenvalue weighted by atomic mass is 16.6. The van der Waals surface area contributed by atoms with Gasteiger partial charge in [0.2, 0.25) is 5.91 Å². The first kappa shape index (κ1) is 18.1. The Labute approximate surface area is 149 Å². The average molecular weight is 363 g/mol. The molecule has 2 atom stereocenters. The molecule has 9 heteroatoms. The van der Waals surface area contributed by atoms with Crippen LogP contribution in [0.1, 0.15) is 26.7 Å². The van der Waals surface area contributed by atoms with Crippen molar-refractivity contribution in [2.45, 2.75) is 45.4 Å². The number of morpholine rings is 1. The molecule has 1 aromatic heterocycles. The fraction of sp³-hybridized carbons (Fsp3) is 0.529. The van der Waals surface area contributed by atoms with Crippen molar-refractivity contribution in [2.75, 3.05) is 13.1 Å². The van der Waals surface area contributed by atoms with Gasteiger partial charge >= 0.3 is 5.76 Å². The topological polar surface area (TPSA) is 108 Å². The molecule has 1 aliphatic rings. The number of fused-ring (bicyclic) bond motifs is 1. The van der Waals surface area contributed by atoms with Gasteiger partial charge in [-0.2, -0.15) is 0 Å². The van der Waals surface area contributed by atoms with Gasteiger partial charge in [0.05, 0.1) is 28.7 Å². The maximum absolute atomic E-state index is 12.4. The molecule has 140 valence electrons. The van der Waals surface area contributed by atoms with E-state index in [1.165, 1.54) is 22.8 Å². The lowest BCUT2D eigenvalue weighted by Crippen LogP contribution is -2.48. The smallest absolute Gasteiger partial charge is 0.407 e. The average Bonchev–Trinajstić information content (AvgIpc) is 2.88. The van der Waals surface area contributed by atoms with Crippen LogP contribution in [-0.2, 0) is 16.1 Å². The molecule has 1 amide bonds. The summed E-state index contributed by atoms with van der Waals surface area (Å²) in [4.78, 5) is 36.4. The Bertz CT molecular complexity index is 876. The van der Waals surface area contributed by atoms with Gasteiger partial charge in [-0.25, -0.2) is 4.79 Å². The quantitative estimate of drug-likeness (QED) is 0.593. The number of benzene rings is 1. The molecule has 1 aromatic carbocycles. The number of aryl methyl sites for hydroxylation is 1.